The van der Waals surface area contributed by atoms with Gasteiger partial charge in [0.05, 0.1) is 0 Å². The molecule has 1 aliphatic rings. The van der Waals surface area contributed by atoms with Crippen LogP contribution in [0.15, 0.2) is 18.2 Å². The van der Waals surface area contributed by atoms with Crippen molar-refractivity contribution in [2.24, 2.45) is 5.92 Å². The van der Waals surface area contributed by atoms with E-state index in [1.54, 1.807) is 0 Å². The van der Waals surface area contributed by atoms with Gasteiger partial charge in [-0.15, -0.1) is 0 Å². The molecule has 0 aliphatic carbocycles. The third-order valence-electron chi connectivity index (χ3n) is 2.63. The lowest BCUT2D eigenvalue weighted by Crippen LogP contribution is -2.45. The van der Waals surface area contributed by atoms with Crippen molar-refractivity contribution in [1.29, 1.82) is 0 Å². The van der Waals surface area contributed by atoms with E-state index in [1.807, 2.05) is 12.1 Å². The average Bonchev–Trinajstić information content (AvgIpc) is 2.00. The van der Waals surface area contributed by atoms with E-state index in [4.69, 9.17) is 5.73 Å². The highest BCUT2D eigenvalue weighted by molar-refractivity contribution is 5.60. The molecule has 1 saturated heterocycles. The van der Waals surface area contributed by atoms with Crippen LogP contribution in [-0.4, -0.2) is 13.1 Å². The Morgan fingerprint density at radius 2 is 2.08 bits per heavy atom. The molecule has 0 saturated carbocycles. The normalized spacial score (nSPS) is 17.2. The Labute approximate surface area is 79.4 Å². The van der Waals surface area contributed by atoms with E-state index in [1.165, 1.54) is 24.3 Å². The number of aryl methyl sites for hydroxylation is 1. The zero-order valence-electron chi connectivity index (χ0n) is 8.25. The number of nitrogen functional groups attached to an aromatic ring is 1. The molecule has 1 aliphatic heterocycles. The highest BCUT2D eigenvalue weighted by Crippen LogP contribution is 2.28. The van der Waals surface area contributed by atoms with E-state index in [0.717, 1.165) is 11.6 Å². The van der Waals surface area contributed by atoms with Gasteiger partial charge in [0.25, 0.3) is 0 Å². The van der Waals surface area contributed by atoms with E-state index in [0.29, 0.717) is 0 Å². The molecule has 2 N–H and O–H groups in total. The minimum absolute atomic E-state index is 0.844. The van der Waals surface area contributed by atoms with E-state index in [-0.39, 0.29) is 0 Å². The van der Waals surface area contributed by atoms with Crippen LogP contribution in [0.2, 0.25) is 0 Å². The number of hydrogen-bond acceptors (Lipinski definition) is 2. The lowest BCUT2D eigenvalue weighted by atomic mass is 10.0. The summed E-state index contributed by atoms with van der Waals surface area (Å²) in [5.41, 5.74) is 9.18. The predicted molar refractivity (Wildman–Crippen MR) is 57.0 cm³/mol. The number of benzene rings is 1. The fourth-order valence-electron chi connectivity index (χ4n) is 1.93. The Kier molecular flexibility index (Phi) is 1.91. The predicted octanol–water partition coefficient (Wildman–Crippen LogP) is 2.03. The van der Waals surface area contributed by atoms with Crippen LogP contribution in [0.1, 0.15) is 12.5 Å². The van der Waals surface area contributed by atoms with Gasteiger partial charge < -0.3 is 10.6 Å². The summed E-state index contributed by atoms with van der Waals surface area (Å²) in [6.07, 6.45) is 0. The van der Waals surface area contributed by atoms with Gasteiger partial charge in [0.15, 0.2) is 0 Å². The average molecular weight is 176 g/mol. The molecular formula is C11H16N2. The van der Waals surface area contributed by atoms with Crippen molar-refractivity contribution < 1.29 is 0 Å². The molecule has 2 nitrogen and oxygen atoms in total. The van der Waals surface area contributed by atoms with Crippen LogP contribution >= 0.6 is 0 Å². The van der Waals surface area contributed by atoms with Gasteiger partial charge in [-0.25, -0.2) is 0 Å². The first-order valence-electron chi connectivity index (χ1n) is 4.78. The summed E-state index contributed by atoms with van der Waals surface area (Å²) >= 11 is 0. The Hall–Kier alpha value is -1.18. The standard InChI is InChI=1S/C11H16N2/c1-8-6-13(7-8)11-4-3-10(12)5-9(11)2/h3-5,8H,6-7,12H2,1-2H3. The fraction of sp³-hybridized carbons (Fsp3) is 0.455. The van der Waals surface area contributed by atoms with E-state index in [2.05, 4.69) is 24.8 Å². The summed E-state index contributed by atoms with van der Waals surface area (Å²) in [6, 6.07) is 6.14. The van der Waals surface area contributed by atoms with Crippen molar-refractivity contribution in [2.75, 3.05) is 23.7 Å². The van der Waals surface area contributed by atoms with Gasteiger partial charge in [0, 0.05) is 24.5 Å². The molecule has 0 spiro atoms. The van der Waals surface area contributed by atoms with E-state index < -0.39 is 0 Å². The Balaban J connectivity index is 2.21. The first-order valence-corrected chi connectivity index (χ1v) is 4.78. The summed E-state index contributed by atoms with van der Waals surface area (Å²) in [6.45, 7) is 6.77. The molecule has 1 heterocycles. The second-order valence-corrected chi connectivity index (χ2v) is 4.06. The summed E-state index contributed by atoms with van der Waals surface area (Å²) in [4.78, 5) is 2.40. The van der Waals surface area contributed by atoms with Crippen LogP contribution in [-0.2, 0) is 0 Å². The molecular weight excluding hydrogens is 160 g/mol. The van der Waals surface area contributed by atoms with Crippen molar-refractivity contribution in [3.8, 4) is 0 Å². The van der Waals surface area contributed by atoms with Crippen LogP contribution < -0.4 is 10.6 Å². The molecule has 2 rings (SSSR count). The van der Waals surface area contributed by atoms with E-state index >= 15 is 0 Å². The Morgan fingerprint density at radius 3 is 2.62 bits per heavy atom. The van der Waals surface area contributed by atoms with Crippen LogP contribution in [0, 0.1) is 12.8 Å². The number of nitrogens with two attached hydrogens (primary N) is 1. The van der Waals surface area contributed by atoms with Crippen molar-refractivity contribution in [3.63, 3.8) is 0 Å². The first-order chi connectivity index (χ1) is 6.16. The minimum Gasteiger partial charge on any atom is -0.399 e. The van der Waals surface area contributed by atoms with Gasteiger partial charge in [-0.1, -0.05) is 6.92 Å². The number of anilines is 2. The third kappa shape index (κ3) is 1.48. The quantitative estimate of drug-likeness (QED) is 0.663. The van der Waals surface area contributed by atoms with Crippen LogP contribution in [0.5, 0.6) is 0 Å². The van der Waals surface area contributed by atoms with Crippen molar-refractivity contribution in [1.82, 2.24) is 0 Å². The summed E-state index contributed by atoms with van der Waals surface area (Å²) in [5, 5.41) is 0. The zero-order valence-corrected chi connectivity index (χ0v) is 8.25. The van der Waals surface area contributed by atoms with Gasteiger partial charge in [0.2, 0.25) is 0 Å². The smallest absolute Gasteiger partial charge is 0.0397 e. The van der Waals surface area contributed by atoms with Gasteiger partial charge in [-0.3, -0.25) is 0 Å². The molecule has 0 bridgehead atoms. The molecule has 0 amide bonds. The van der Waals surface area contributed by atoms with Crippen molar-refractivity contribution >= 4 is 11.4 Å². The monoisotopic (exact) mass is 176 g/mol. The molecule has 0 unspecified atom stereocenters. The van der Waals surface area contributed by atoms with Gasteiger partial charge in [-0.2, -0.15) is 0 Å². The van der Waals surface area contributed by atoms with Crippen molar-refractivity contribution in [2.45, 2.75) is 13.8 Å². The topological polar surface area (TPSA) is 29.3 Å². The number of hydrogen-bond donors (Lipinski definition) is 1. The first kappa shape index (κ1) is 8.42. The SMILES string of the molecule is Cc1cc(N)ccc1N1CC(C)C1. The number of rotatable bonds is 1. The molecule has 1 aromatic carbocycles. The van der Waals surface area contributed by atoms with Gasteiger partial charge >= 0.3 is 0 Å². The van der Waals surface area contributed by atoms with Crippen LogP contribution in [0.25, 0.3) is 0 Å². The van der Waals surface area contributed by atoms with Gasteiger partial charge in [0.1, 0.15) is 0 Å². The molecule has 0 radical (unpaired) electrons. The number of nitrogens with zero attached hydrogens (tertiary/aromatic N) is 1. The summed E-state index contributed by atoms with van der Waals surface area (Å²) in [5.74, 6) is 0.844. The maximum atomic E-state index is 5.70. The fourth-order valence-corrected chi connectivity index (χ4v) is 1.93. The molecule has 1 fully saturated rings. The maximum absolute atomic E-state index is 5.70. The van der Waals surface area contributed by atoms with Crippen LogP contribution in [0.4, 0.5) is 11.4 Å². The second kappa shape index (κ2) is 2.95. The second-order valence-electron chi connectivity index (χ2n) is 4.06. The third-order valence-corrected chi connectivity index (χ3v) is 2.63. The summed E-state index contributed by atoms with van der Waals surface area (Å²) < 4.78 is 0. The molecule has 70 valence electrons. The Morgan fingerprint density at radius 1 is 1.38 bits per heavy atom. The lowest BCUT2D eigenvalue weighted by molar-refractivity contribution is 0.446. The minimum atomic E-state index is 0.844. The highest BCUT2D eigenvalue weighted by Gasteiger charge is 2.23. The van der Waals surface area contributed by atoms with Crippen molar-refractivity contribution in [3.05, 3.63) is 23.8 Å². The van der Waals surface area contributed by atoms with E-state index in [9.17, 15) is 0 Å². The zero-order chi connectivity index (χ0) is 9.42. The Bertz CT molecular complexity index is 314. The highest BCUT2D eigenvalue weighted by atomic mass is 15.2. The largest absolute Gasteiger partial charge is 0.399 e. The summed E-state index contributed by atoms with van der Waals surface area (Å²) in [7, 11) is 0. The van der Waals surface area contributed by atoms with Gasteiger partial charge in [-0.05, 0) is 36.6 Å². The lowest BCUT2D eigenvalue weighted by Gasteiger charge is -2.40. The van der Waals surface area contributed by atoms with Crippen LogP contribution in [0.3, 0.4) is 0 Å². The molecule has 13 heavy (non-hydrogen) atoms. The molecule has 1 aromatic rings. The molecule has 0 aromatic heterocycles. The maximum Gasteiger partial charge on any atom is 0.0397 e. The molecule has 0 atom stereocenters. The molecule has 2 heteroatoms.